The van der Waals surface area contributed by atoms with E-state index in [1.54, 1.807) is 13.2 Å². The lowest BCUT2D eigenvalue weighted by molar-refractivity contribution is -0.123. The molecular formula is C22H28N2O3. The smallest absolute Gasteiger partial charge is 0.252 e. The number of hydrogen-bond donors (Lipinski definition) is 2. The highest BCUT2D eigenvalue weighted by atomic mass is 16.5. The standard InChI is InChI=1S/C22H28N2O3/c1-15(2)13-19(24-21(25)18-11-7-5-9-16(18)3)22(26)23-14-17-10-6-8-12-20(17)27-4/h5-12,15,19H,13-14H2,1-4H3,(H,23,26)(H,24,25). The molecule has 144 valence electrons. The summed E-state index contributed by atoms with van der Waals surface area (Å²) in [4.78, 5) is 25.4. The van der Waals surface area contributed by atoms with E-state index in [0.29, 0.717) is 18.5 Å². The Morgan fingerprint density at radius 1 is 1.04 bits per heavy atom. The van der Waals surface area contributed by atoms with Crippen molar-refractivity contribution in [3.63, 3.8) is 0 Å². The number of benzene rings is 2. The lowest BCUT2D eigenvalue weighted by atomic mass is 10.0. The topological polar surface area (TPSA) is 67.4 Å². The molecule has 0 spiro atoms. The highest BCUT2D eigenvalue weighted by molar-refractivity contribution is 5.98. The molecule has 5 heteroatoms. The van der Waals surface area contributed by atoms with Crippen LogP contribution >= 0.6 is 0 Å². The first-order valence-electron chi connectivity index (χ1n) is 9.18. The van der Waals surface area contributed by atoms with E-state index in [4.69, 9.17) is 4.74 Å². The van der Waals surface area contributed by atoms with Gasteiger partial charge in [0.15, 0.2) is 0 Å². The Balaban J connectivity index is 2.07. The van der Waals surface area contributed by atoms with Crippen LogP contribution in [0.4, 0.5) is 0 Å². The van der Waals surface area contributed by atoms with Gasteiger partial charge in [-0.15, -0.1) is 0 Å². The van der Waals surface area contributed by atoms with Gasteiger partial charge in [0.2, 0.25) is 5.91 Å². The summed E-state index contributed by atoms with van der Waals surface area (Å²) in [6.45, 7) is 6.28. The predicted molar refractivity (Wildman–Crippen MR) is 107 cm³/mol. The highest BCUT2D eigenvalue weighted by Crippen LogP contribution is 2.17. The van der Waals surface area contributed by atoms with Crippen molar-refractivity contribution in [1.82, 2.24) is 10.6 Å². The zero-order chi connectivity index (χ0) is 19.8. The third kappa shape index (κ3) is 5.84. The number of rotatable bonds is 8. The van der Waals surface area contributed by atoms with Crippen LogP contribution in [0.5, 0.6) is 5.75 Å². The van der Waals surface area contributed by atoms with Gasteiger partial charge in [0.1, 0.15) is 11.8 Å². The highest BCUT2D eigenvalue weighted by Gasteiger charge is 2.23. The summed E-state index contributed by atoms with van der Waals surface area (Å²) < 4.78 is 5.32. The van der Waals surface area contributed by atoms with Crippen LogP contribution in [0, 0.1) is 12.8 Å². The molecule has 2 aromatic carbocycles. The monoisotopic (exact) mass is 368 g/mol. The maximum Gasteiger partial charge on any atom is 0.252 e. The molecule has 0 aliphatic carbocycles. The van der Waals surface area contributed by atoms with Crippen LogP contribution in [0.25, 0.3) is 0 Å². The minimum Gasteiger partial charge on any atom is -0.496 e. The second-order valence-corrected chi connectivity index (χ2v) is 7.00. The molecule has 0 aliphatic heterocycles. The minimum absolute atomic E-state index is 0.198. The van der Waals surface area contributed by atoms with Crippen LogP contribution in [0.3, 0.4) is 0 Å². The first-order valence-corrected chi connectivity index (χ1v) is 9.18. The third-order valence-electron chi connectivity index (χ3n) is 4.36. The van der Waals surface area contributed by atoms with E-state index in [1.807, 2.05) is 63.2 Å². The predicted octanol–water partition coefficient (Wildman–Crippen LogP) is 3.46. The van der Waals surface area contributed by atoms with Crippen molar-refractivity contribution in [1.29, 1.82) is 0 Å². The Kier molecular flexibility index (Phi) is 7.41. The van der Waals surface area contributed by atoms with Crippen LogP contribution in [-0.2, 0) is 11.3 Å². The number of aryl methyl sites for hydroxylation is 1. The first kappa shape index (κ1) is 20.5. The van der Waals surface area contributed by atoms with E-state index in [9.17, 15) is 9.59 Å². The van der Waals surface area contributed by atoms with E-state index in [2.05, 4.69) is 10.6 Å². The van der Waals surface area contributed by atoms with Crippen LogP contribution < -0.4 is 15.4 Å². The number of methoxy groups -OCH3 is 1. The number of nitrogens with one attached hydrogen (secondary N) is 2. The van der Waals surface area contributed by atoms with Crippen molar-refractivity contribution in [2.75, 3.05) is 7.11 Å². The van der Waals surface area contributed by atoms with Gasteiger partial charge in [0.05, 0.1) is 7.11 Å². The van der Waals surface area contributed by atoms with Gasteiger partial charge in [-0.2, -0.15) is 0 Å². The van der Waals surface area contributed by atoms with Crippen molar-refractivity contribution in [3.05, 3.63) is 65.2 Å². The Hall–Kier alpha value is -2.82. The van der Waals surface area contributed by atoms with Gasteiger partial charge >= 0.3 is 0 Å². The van der Waals surface area contributed by atoms with E-state index >= 15 is 0 Å². The zero-order valence-corrected chi connectivity index (χ0v) is 16.4. The molecule has 0 heterocycles. The molecule has 0 radical (unpaired) electrons. The van der Waals surface area contributed by atoms with E-state index in [-0.39, 0.29) is 17.7 Å². The molecule has 0 saturated carbocycles. The number of hydrogen-bond acceptors (Lipinski definition) is 3. The van der Waals surface area contributed by atoms with Crippen LogP contribution in [-0.4, -0.2) is 25.0 Å². The minimum atomic E-state index is -0.591. The molecule has 0 fully saturated rings. The number of para-hydroxylation sites is 1. The summed E-state index contributed by atoms with van der Waals surface area (Å²) in [5.41, 5.74) is 2.36. The second-order valence-electron chi connectivity index (χ2n) is 7.00. The molecule has 2 aromatic rings. The normalized spacial score (nSPS) is 11.7. The Morgan fingerprint density at radius 2 is 1.70 bits per heavy atom. The van der Waals surface area contributed by atoms with E-state index in [1.165, 1.54) is 0 Å². The fourth-order valence-electron chi connectivity index (χ4n) is 2.92. The number of carbonyl (C=O) groups is 2. The van der Waals surface area contributed by atoms with Crippen molar-refractivity contribution in [2.45, 2.75) is 39.8 Å². The largest absolute Gasteiger partial charge is 0.496 e. The van der Waals surface area contributed by atoms with Gasteiger partial charge < -0.3 is 15.4 Å². The lowest BCUT2D eigenvalue weighted by Crippen LogP contribution is -2.47. The van der Waals surface area contributed by atoms with E-state index in [0.717, 1.165) is 16.9 Å². The molecule has 27 heavy (non-hydrogen) atoms. The van der Waals surface area contributed by atoms with Crippen LogP contribution in [0.2, 0.25) is 0 Å². The average Bonchev–Trinajstić information content (AvgIpc) is 2.65. The van der Waals surface area contributed by atoms with Gasteiger partial charge in [-0.25, -0.2) is 0 Å². The summed E-state index contributed by atoms with van der Waals surface area (Å²) in [5.74, 6) is 0.564. The molecule has 2 rings (SSSR count). The summed E-state index contributed by atoms with van der Waals surface area (Å²) in [7, 11) is 1.60. The second kappa shape index (κ2) is 9.76. The van der Waals surface area contributed by atoms with Gasteiger partial charge in [0.25, 0.3) is 5.91 Å². The SMILES string of the molecule is COc1ccccc1CNC(=O)C(CC(C)C)NC(=O)c1ccccc1C. The Bertz CT molecular complexity index is 787. The van der Waals surface area contributed by atoms with Crippen LogP contribution in [0.1, 0.15) is 41.8 Å². The molecule has 2 N–H and O–H groups in total. The van der Waals surface area contributed by atoms with Gasteiger partial charge in [-0.1, -0.05) is 50.2 Å². The molecule has 1 unspecified atom stereocenters. The lowest BCUT2D eigenvalue weighted by Gasteiger charge is -2.21. The quantitative estimate of drug-likeness (QED) is 0.750. The molecular weight excluding hydrogens is 340 g/mol. The van der Waals surface area contributed by atoms with Crippen molar-refractivity contribution in [2.24, 2.45) is 5.92 Å². The number of carbonyl (C=O) groups excluding carboxylic acids is 2. The maximum absolute atomic E-state index is 12.7. The number of amides is 2. The molecule has 0 saturated heterocycles. The summed E-state index contributed by atoms with van der Waals surface area (Å²) in [6.07, 6.45) is 0.565. The fraction of sp³-hybridized carbons (Fsp3) is 0.364. The number of ether oxygens (including phenoxy) is 1. The molecule has 0 aliphatic rings. The summed E-state index contributed by atoms with van der Waals surface area (Å²) in [5, 5.41) is 5.80. The van der Waals surface area contributed by atoms with Crippen molar-refractivity contribution in [3.8, 4) is 5.75 Å². The first-order chi connectivity index (χ1) is 12.9. The maximum atomic E-state index is 12.7. The average molecular weight is 368 g/mol. The molecule has 0 aromatic heterocycles. The van der Waals surface area contributed by atoms with Crippen molar-refractivity contribution >= 4 is 11.8 Å². The van der Waals surface area contributed by atoms with Gasteiger partial charge in [-0.3, -0.25) is 9.59 Å². The zero-order valence-electron chi connectivity index (χ0n) is 16.4. The molecule has 0 bridgehead atoms. The summed E-state index contributed by atoms with van der Waals surface area (Å²) in [6, 6.07) is 14.3. The molecule has 5 nitrogen and oxygen atoms in total. The molecule has 2 amide bonds. The van der Waals surface area contributed by atoms with Gasteiger partial charge in [0, 0.05) is 17.7 Å². The van der Waals surface area contributed by atoms with Crippen LogP contribution in [0.15, 0.2) is 48.5 Å². The summed E-state index contributed by atoms with van der Waals surface area (Å²) >= 11 is 0. The third-order valence-corrected chi connectivity index (χ3v) is 4.36. The van der Waals surface area contributed by atoms with Gasteiger partial charge in [-0.05, 0) is 37.0 Å². The van der Waals surface area contributed by atoms with E-state index < -0.39 is 6.04 Å². The molecule has 1 atom stereocenters. The van der Waals surface area contributed by atoms with Crippen molar-refractivity contribution < 1.29 is 14.3 Å². The fourth-order valence-corrected chi connectivity index (χ4v) is 2.92. The Labute approximate surface area is 161 Å². The Morgan fingerprint density at radius 3 is 2.37 bits per heavy atom.